The summed E-state index contributed by atoms with van der Waals surface area (Å²) in [6.07, 6.45) is -9.85. The van der Waals surface area contributed by atoms with Gasteiger partial charge in [-0.3, -0.25) is 0 Å². The summed E-state index contributed by atoms with van der Waals surface area (Å²) in [5.41, 5.74) is 29.3. The van der Waals surface area contributed by atoms with Crippen molar-refractivity contribution < 1.29 is 44.1 Å². The summed E-state index contributed by atoms with van der Waals surface area (Å²) in [7, 11) is 1.60. The average Bonchev–Trinajstić information content (AvgIpc) is 2.84. The first-order valence-electron chi connectivity index (χ1n) is 12.9. The summed E-state index contributed by atoms with van der Waals surface area (Å²) >= 11 is 0. The van der Waals surface area contributed by atoms with E-state index in [-0.39, 0.29) is 18.8 Å². The molecule has 1 aliphatic carbocycles. The van der Waals surface area contributed by atoms with Crippen LogP contribution in [0.4, 0.5) is 0 Å². The van der Waals surface area contributed by atoms with Crippen LogP contribution < -0.4 is 34.0 Å². The molecule has 4 aliphatic rings. The van der Waals surface area contributed by atoms with Gasteiger partial charge in [0.05, 0.1) is 36.5 Å². The van der Waals surface area contributed by atoms with Gasteiger partial charge in [-0.05, 0) is 26.8 Å². The third-order valence-electron chi connectivity index (χ3n) is 7.83. The Kier molecular flexibility index (Phi) is 9.46. The molecule has 0 spiro atoms. The number of guanidine groups is 1. The lowest BCUT2D eigenvalue weighted by Gasteiger charge is -2.51. The first kappa shape index (κ1) is 29.7. The fourth-order valence-electron chi connectivity index (χ4n) is 5.62. The van der Waals surface area contributed by atoms with Crippen molar-refractivity contribution in [3.63, 3.8) is 0 Å². The van der Waals surface area contributed by atoms with Crippen LogP contribution >= 0.6 is 0 Å². The second-order valence-corrected chi connectivity index (χ2v) is 10.6. The summed E-state index contributed by atoms with van der Waals surface area (Å²) < 4.78 is 29.9. The third kappa shape index (κ3) is 6.07. The first-order valence-corrected chi connectivity index (χ1v) is 12.9. The van der Waals surface area contributed by atoms with Crippen LogP contribution in [0, 0.1) is 0 Å². The summed E-state index contributed by atoms with van der Waals surface area (Å²) in [5, 5.41) is 45.5. The summed E-state index contributed by atoms with van der Waals surface area (Å²) in [6.45, 7) is 1.63. The fourth-order valence-corrected chi connectivity index (χ4v) is 5.62. The number of fused-ring (bicyclic) bond motifs is 1. The van der Waals surface area contributed by atoms with Crippen molar-refractivity contribution >= 4 is 5.96 Å². The van der Waals surface area contributed by atoms with Crippen LogP contribution in [-0.2, 0) is 23.7 Å². The molecule has 3 heterocycles. The fraction of sp³-hybridized carbons (Fsp3) is 0.955. The van der Waals surface area contributed by atoms with E-state index in [2.05, 4.69) is 10.3 Å². The van der Waals surface area contributed by atoms with Crippen LogP contribution in [0.5, 0.6) is 0 Å². The number of hydrogen-bond donors (Lipinski definition) is 10. The van der Waals surface area contributed by atoms with E-state index in [4.69, 9.17) is 52.4 Å². The Labute approximate surface area is 220 Å². The molecule has 1 saturated carbocycles. The van der Waals surface area contributed by atoms with Crippen molar-refractivity contribution in [2.75, 3.05) is 7.05 Å². The molecule has 3 aliphatic heterocycles. The van der Waals surface area contributed by atoms with Gasteiger partial charge >= 0.3 is 0 Å². The molecule has 0 bridgehead atoms. The van der Waals surface area contributed by atoms with Gasteiger partial charge in [0.2, 0.25) is 0 Å². The molecule has 16 heteroatoms. The highest BCUT2D eigenvalue weighted by atomic mass is 16.8. The highest BCUT2D eigenvalue weighted by Crippen LogP contribution is 2.35. The minimum atomic E-state index is -1.50. The average molecular weight is 550 g/mol. The number of aliphatic hydroxyl groups excluding tert-OH is 4. The SMILES string of the molecule is CNC1C(O[C@H]2OC(C)[C@@H](N=C(N)N)C(O)C2O)O[C@H]2CC(N)[C@@H](O[C@H]3CC(O)[C@H](N)CC3N)OC2C1O. The van der Waals surface area contributed by atoms with Crippen molar-refractivity contribution in [2.45, 2.75) is 124 Å². The van der Waals surface area contributed by atoms with Gasteiger partial charge in [0, 0.05) is 18.5 Å². The number of nitrogens with one attached hydrogen (secondary N) is 1. The summed E-state index contributed by atoms with van der Waals surface area (Å²) in [5.74, 6) is -0.253. The van der Waals surface area contributed by atoms with Gasteiger partial charge in [-0.1, -0.05) is 0 Å². The maximum Gasteiger partial charge on any atom is 0.189 e. The van der Waals surface area contributed by atoms with E-state index in [1.165, 1.54) is 0 Å². The van der Waals surface area contributed by atoms with Gasteiger partial charge in [-0.15, -0.1) is 0 Å². The van der Waals surface area contributed by atoms with Crippen LogP contribution in [0.1, 0.15) is 26.2 Å². The van der Waals surface area contributed by atoms with Crippen molar-refractivity contribution in [1.29, 1.82) is 0 Å². The second kappa shape index (κ2) is 12.1. The lowest BCUT2D eigenvalue weighted by atomic mass is 9.87. The smallest absolute Gasteiger partial charge is 0.189 e. The standard InChI is InChI=1S/C22H43N7O9/c1-6-13(29-22(26)27)15(31)17(33)21(34-6)38-20-14(28-2)16(32)18-12(36-20)4-9(25)19(37-18)35-11-5-10(30)7(23)3-8(11)24/h6-21,28,30-33H,3-5,23-25H2,1-2H3,(H4,26,27,29)/t6?,7-,8?,9?,10?,11+,12+,13-,14?,15?,16?,17?,18?,19+,20?,21-/m1/s1. The topological polar surface area (TPSA) is 282 Å². The predicted octanol–water partition coefficient (Wildman–Crippen LogP) is -5.58. The van der Waals surface area contributed by atoms with Gasteiger partial charge in [0.25, 0.3) is 0 Å². The first-order chi connectivity index (χ1) is 17.9. The third-order valence-corrected chi connectivity index (χ3v) is 7.83. The number of aliphatic imine (C=N–C) groups is 1. The number of hydrogen-bond acceptors (Lipinski definition) is 14. The Morgan fingerprint density at radius 2 is 1.53 bits per heavy atom. The monoisotopic (exact) mass is 549 g/mol. The molecule has 0 aromatic heterocycles. The predicted molar refractivity (Wildman–Crippen MR) is 132 cm³/mol. The van der Waals surface area contributed by atoms with E-state index in [1.54, 1.807) is 14.0 Å². The van der Waals surface area contributed by atoms with E-state index in [1.807, 2.05) is 0 Å². The molecule has 38 heavy (non-hydrogen) atoms. The van der Waals surface area contributed by atoms with Crippen LogP contribution in [0.2, 0.25) is 0 Å². The van der Waals surface area contributed by atoms with E-state index >= 15 is 0 Å². The Hall–Kier alpha value is -1.25. The highest BCUT2D eigenvalue weighted by molar-refractivity contribution is 5.76. The molecular formula is C22H43N7O9. The Morgan fingerprint density at radius 3 is 2.18 bits per heavy atom. The molecule has 4 fully saturated rings. The molecule has 16 atom stereocenters. The summed E-state index contributed by atoms with van der Waals surface area (Å²) in [6, 6.07) is -3.16. The van der Waals surface area contributed by atoms with Crippen LogP contribution in [0.15, 0.2) is 4.99 Å². The maximum atomic E-state index is 11.2. The van der Waals surface area contributed by atoms with Crippen LogP contribution in [0.25, 0.3) is 0 Å². The van der Waals surface area contributed by atoms with Gasteiger partial charge in [-0.25, -0.2) is 4.99 Å². The highest BCUT2D eigenvalue weighted by Gasteiger charge is 2.53. The Bertz CT molecular complexity index is 824. The molecule has 10 unspecified atom stereocenters. The molecule has 15 N–H and O–H groups in total. The maximum absolute atomic E-state index is 11.2. The van der Waals surface area contributed by atoms with Crippen molar-refractivity contribution in [1.82, 2.24) is 5.32 Å². The number of rotatable bonds is 6. The molecule has 16 nitrogen and oxygen atoms in total. The Morgan fingerprint density at radius 1 is 0.816 bits per heavy atom. The molecule has 220 valence electrons. The van der Waals surface area contributed by atoms with Crippen molar-refractivity contribution in [3.8, 4) is 0 Å². The van der Waals surface area contributed by atoms with Crippen LogP contribution in [0.3, 0.4) is 0 Å². The Balaban J connectivity index is 1.41. The van der Waals surface area contributed by atoms with E-state index in [9.17, 15) is 20.4 Å². The second-order valence-electron chi connectivity index (χ2n) is 10.6. The zero-order chi connectivity index (χ0) is 27.9. The van der Waals surface area contributed by atoms with Crippen molar-refractivity contribution in [3.05, 3.63) is 0 Å². The van der Waals surface area contributed by atoms with Gasteiger partial charge in [0.1, 0.15) is 30.5 Å². The van der Waals surface area contributed by atoms with Crippen LogP contribution in [-0.4, -0.2) is 131 Å². The molecule has 3 saturated heterocycles. The number of nitrogens with two attached hydrogens (primary N) is 5. The zero-order valence-electron chi connectivity index (χ0n) is 21.5. The normalized spacial score (nSPS) is 51.7. The largest absolute Gasteiger partial charge is 0.391 e. The molecule has 4 rings (SSSR count). The van der Waals surface area contributed by atoms with Gasteiger partial charge in [-0.2, -0.15) is 0 Å². The lowest BCUT2D eigenvalue weighted by molar-refractivity contribution is -0.370. The van der Waals surface area contributed by atoms with Gasteiger partial charge < -0.3 is 78.1 Å². The number of likely N-dealkylation sites (N-methyl/N-ethyl adjacent to an activating group) is 1. The van der Waals surface area contributed by atoms with E-state index in [0.29, 0.717) is 6.42 Å². The van der Waals surface area contributed by atoms with Gasteiger partial charge in [0.15, 0.2) is 24.8 Å². The molecule has 0 aromatic carbocycles. The van der Waals surface area contributed by atoms with E-state index < -0.39 is 97.9 Å². The zero-order valence-corrected chi connectivity index (χ0v) is 21.5. The minimum absolute atomic E-state index is 0.245. The lowest BCUT2D eigenvalue weighted by Crippen LogP contribution is -2.69. The number of aliphatic hydroxyl groups is 4. The molecular weight excluding hydrogens is 506 g/mol. The number of ether oxygens (including phenoxy) is 5. The quantitative estimate of drug-likeness (QED) is 0.109. The van der Waals surface area contributed by atoms with E-state index in [0.717, 1.165) is 0 Å². The number of nitrogens with zero attached hydrogens (tertiary/aromatic N) is 1. The molecule has 0 radical (unpaired) electrons. The molecule has 0 amide bonds. The summed E-state index contributed by atoms with van der Waals surface area (Å²) in [4.78, 5) is 3.92. The molecule has 0 aromatic rings. The van der Waals surface area contributed by atoms with Crippen molar-refractivity contribution in [2.24, 2.45) is 33.7 Å². The minimum Gasteiger partial charge on any atom is -0.391 e.